The molecule has 7 aromatic rings. The number of aliphatic hydroxyl groups is 5. The topological polar surface area (TPSA) is 554 Å². The van der Waals surface area contributed by atoms with E-state index >= 15 is 0 Å². The molecule has 2 fully saturated rings. The van der Waals surface area contributed by atoms with Crippen molar-refractivity contribution in [2.75, 3.05) is 20.6 Å². The molecule has 0 saturated carbocycles. The van der Waals surface area contributed by atoms with Crippen LogP contribution >= 0.6 is 46.4 Å². The number of azide groups is 1. The molecule has 36 nitrogen and oxygen atoms in total. The normalized spacial score (nSPS) is 25.1. The van der Waals surface area contributed by atoms with Gasteiger partial charge in [-0.25, -0.2) is 4.79 Å². The highest BCUT2D eigenvalue weighted by Crippen LogP contribution is 2.48. The molecule has 7 aromatic carbocycles. The number of benzene rings is 7. The average molecular weight is 1770 g/mol. The molecule has 40 heteroatoms. The van der Waals surface area contributed by atoms with Gasteiger partial charge in [-0.15, -0.1) is 0 Å². The van der Waals surface area contributed by atoms with Crippen LogP contribution in [0.1, 0.15) is 118 Å². The molecule has 8 bridgehead atoms. The number of aromatic hydroxyl groups is 3. The second kappa shape index (κ2) is 41.2. The Hall–Kier alpha value is -11.0. The zero-order chi connectivity index (χ0) is 88.9. The van der Waals surface area contributed by atoms with Gasteiger partial charge in [-0.2, -0.15) is 0 Å². The van der Waals surface area contributed by atoms with Gasteiger partial charge in [-0.05, 0) is 152 Å². The number of aliphatic carboxylic acids is 1. The number of carbonyl (C=O) groups is 8. The number of nitrogens with zero attached hydrogens (tertiary/aromatic N) is 3. The average Bonchev–Trinajstić information content (AvgIpc) is 0.774. The van der Waals surface area contributed by atoms with Gasteiger partial charge in [-0.3, -0.25) is 33.6 Å². The minimum absolute atomic E-state index is 0.0649. The summed E-state index contributed by atoms with van der Waals surface area (Å²) < 4.78 is 45.0. The summed E-state index contributed by atoms with van der Waals surface area (Å²) in [4.78, 5) is 115. The van der Waals surface area contributed by atoms with E-state index in [0.717, 1.165) is 54.4 Å². The lowest BCUT2D eigenvalue weighted by atomic mass is 9.84. The molecular formula is C82H92Cl4N12O24. The molecule has 0 aromatic heterocycles. The number of nitrogens with one attached hydrogen (secondary N) is 8. The van der Waals surface area contributed by atoms with E-state index in [-0.39, 0.29) is 81.6 Å². The van der Waals surface area contributed by atoms with Crippen molar-refractivity contribution in [3.05, 3.63) is 191 Å². The Morgan fingerprint density at radius 2 is 1.37 bits per heavy atom. The number of fused-ring (bicyclic) bond motifs is 2. The van der Waals surface area contributed by atoms with Crippen molar-refractivity contribution in [2.24, 2.45) is 16.8 Å². The third-order valence-electron chi connectivity index (χ3n) is 20.4. The summed E-state index contributed by atoms with van der Waals surface area (Å²) in [6.07, 6.45) is -18.3. The minimum Gasteiger partial charge on any atom is -0.508 e. The number of hydrogen-bond donors (Lipinski definition) is 18. The van der Waals surface area contributed by atoms with E-state index in [1.165, 1.54) is 62.6 Å². The van der Waals surface area contributed by atoms with Crippen molar-refractivity contribution >= 4 is 93.7 Å². The number of aliphatic hydroxyl groups excluding tert-OH is 5. The predicted octanol–water partition coefficient (Wildman–Crippen LogP) is 7.11. The lowest BCUT2D eigenvalue weighted by Crippen LogP contribution is -2.65. The highest BCUT2D eigenvalue weighted by molar-refractivity contribution is 6.42. The van der Waals surface area contributed by atoms with Crippen molar-refractivity contribution in [1.29, 1.82) is 0 Å². The number of nitrogens with two attached hydrogens (primary N) is 1. The molecule has 2 saturated heterocycles. The van der Waals surface area contributed by atoms with Crippen LogP contribution in [0.4, 0.5) is 0 Å². The monoisotopic (exact) mass is 1770 g/mol. The molecule has 122 heavy (non-hydrogen) atoms. The Morgan fingerprint density at radius 1 is 0.713 bits per heavy atom. The van der Waals surface area contributed by atoms with E-state index in [2.05, 4.69) is 52.6 Å². The van der Waals surface area contributed by atoms with Crippen molar-refractivity contribution < 1.29 is 117 Å². The molecular weight excluding hydrogens is 1680 g/mol. The SMILES string of the molecule is CNC(=O)C1NC(=O)C(C)NC(=O)[C@H](CC(N)=O)NC(=O)C(NC(=O)C(CC(C)C)NC)C(O)c2ccc(c(Cl)c2)Oc2cccc(c2OC2OC(CN=[N+]=[N-])C(O)C(O)C2OC2CC(C)(NCc3ccc(OCc4ccc(Cl)c(Cl)c4)cc3)C(O)C(C)O2)Oc2ccc(cc2Cl)C(O)CC(=O)N[C@H](C(=O)O)c2cc(O)cc(O)c2-c2cc1ccc2O. The van der Waals surface area contributed by atoms with Crippen LogP contribution in [-0.4, -0.2) is 193 Å². The smallest absolute Gasteiger partial charge is 0.330 e. The number of primary amides is 1. The highest BCUT2D eigenvalue weighted by atomic mass is 35.5. The fourth-order valence-electron chi connectivity index (χ4n) is 13.9. The molecule has 12 rings (SSSR count). The summed E-state index contributed by atoms with van der Waals surface area (Å²) in [5.74, 6) is -12.9. The number of phenols is 3. The second-order valence-corrected chi connectivity index (χ2v) is 31.5. The maximum Gasteiger partial charge on any atom is 0.330 e. The van der Waals surface area contributed by atoms with Crippen LogP contribution in [0.3, 0.4) is 0 Å². The molecule has 7 amide bonds. The number of ether oxygens (including phenoxy) is 7. The van der Waals surface area contributed by atoms with Gasteiger partial charge in [0.15, 0.2) is 29.9 Å². The number of amides is 7. The fourth-order valence-corrected chi connectivity index (χ4v) is 14.7. The summed E-state index contributed by atoms with van der Waals surface area (Å²) >= 11 is 26.4. The molecule has 0 aliphatic carbocycles. The molecule has 5 aliphatic heterocycles. The first-order valence-corrected chi connectivity index (χ1v) is 39.7. The van der Waals surface area contributed by atoms with Crippen LogP contribution in [0.15, 0.2) is 133 Å². The Kier molecular flexibility index (Phi) is 31.5. The molecule has 5 aliphatic rings. The van der Waals surface area contributed by atoms with Crippen LogP contribution in [0.25, 0.3) is 21.6 Å². The minimum atomic E-state index is -2.21. The first-order valence-electron chi connectivity index (χ1n) is 38.2. The maximum atomic E-state index is 14.9. The summed E-state index contributed by atoms with van der Waals surface area (Å²) in [6.45, 7) is 7.87. The van der Waals surface area contributed by atoms with Crippen LogP contribution in [-0.2, 0) is 65.7 Å². The molecule has 17 atom stereocenters. The lowest BCUT2D eigenvalue weighted by molar-refractivity contribution is -0.331. The van der Waals surface area contributed by atoms with Crippen molar-refractivity contribution in [3.63, 3.8) is 0 Å². The Bertz CT molecular complexity index is 5070. The van der Waals surface area contributed by atoms with Crippen molar-refractivity contribution in [2.45, 2.75) is 177 Å². The number of carbonyl (C=O) groups excluding carboxylic acids is 7. The number of carboxylic acids is 1. The number of carboxylic acid groups (broad SMARTS) is 1. The Labute approximate surface area is 718 Å². The van der Waals surface area contributed by atoms with Gasteiger partial charge in [0.05, 0.1) is 69.9 Å². The molecule has 652 valence electrons. The van der Waals surface area contributed by atoms with E-state index in [4.69, 9.17) is 85.3 Å². The molecule has 19 N–H and O–H groups in total. The highest BCUT2D eigenvalue weighted by Gasteiger charge is 2.52. The van der Waals surface area contributed by atoms with Gasteiger partial charge < -0.3 is 127 Å². The first kappa shape index (κ1) is 93.2. The number of para-hydroxylation sites is 1. The van der Waals surface area contributed by atoms with Crippen LogP contribution in [0.5, 0.6) is 51.7 Å². The van der Waals surface area contributed by atoms with Crippen molar-refractivity contribution in [1.82, 2.24) is 42.5 Å². The molecule has 5 heterocycles. The van der Waals surface area contributed by atoms with E-state index in [1.54, 1.807) is 44.2 Å². The Balaban J connectivity index is 1.04. The summed E-state index contributed by atoms with van der Waals surface area (Å²) in [5.41, 5.74) is 13.5. The second-order valence-electron chi connectivity index (χ2n) is 29.9. The number of halogens is 4. The largest absolute Gasteiger partial charge is 0.508 e. The zero-order valence-electron chi connectivity index (χ0n) is 66.5. The van der Waals surface area contributed by atoms with Gasteiger partial charge in [0.2, 0.25) is 53.4 Å². The number of likely N-dealkylation sites (N-methyl/N-ethyl adjacent to an activating group) is 2. The van der Waals surface area contributed by atoms with Gasteiger partial charge in [-0.1, -0.05) is 108 Å². The molecule has 0 radical (unpaired) electrons. The predicted molar refractivity (Wildman–Crippen MR) is 440 cm³/mol. The summed E-state index contributed by atoms with van der Waals surface area (Å²) in [6, 6.07) is 17.9. The van der Waals surface area contributed by atoms with Crippen LogP contribution < -0.4 is 67.2 Å². The van der Waals surface area contributed by atoms with Crippen LogP contribution in [0.2, 0.25) is 20.1 Å². The third kappa shape index (κ3) is 23.0. The van der Waals surface area contributed by atoms with Crippen molar-refractivity contribution in [3.8, 4) is 62.9 Å². The summed E-state index contributed by atoms with van der Waals surface area (Å²) in [7, 11) is 2.67. The van der Waals surface area contributed by atoms with E-state index in [9.17, 15) is 89.8 Å². The fraction of sp³-hybridized carbons (Fsp3) is 0.390. The van der Waals surface area contributed by atoms with Gasteiger partial charge >= 0.3 is 5.97 Å². The third-order valence-corrected chi connectivity index (χ3v) is 21.8. The van der Waals surface area contributed by atoms with Gasteiger partial charge in [0.25, 0.3) is 0 Å². The van der Waals surface area contributed by atoms with Gasteiger partial charge in [0.1, 0.15) is 83.6 Å². The standard InChI is InChI=1S/C82H92Cl4N12O24/c1-36(2)23-52(89-6)76(110)97-68-69(105)43-16-22-58(51(86)27-43)119-60-10-8-9-59(72(60)122-81-73(71(107)70(106)61(120-81)34-92-98-88)121-64-32-82(5,74(108)38(4)117-64)91-33-39-11-17-45(18-12-39)116-35-40-13-19-48(83)49(84)24-40)118-57-21-15-41(26-50(57)85)55(101)31-63(104)95-67(80(114)115)47-28-44(99)29-56(102)65(47)46-25-42(14-20-54(46)100)66(78(112)90-7)96-75(109)37(3)93-77(111)53(30-62(87)103)94-79(68)113/h8-22,24-29,36-38,52-53,55,61,64,66-71,73-74,81,89,91,99-102,105-108H,23,30-35H2,1-7H3,(H2,87,103)(H,90,112)(H,93,111)(H,94,113)(H,95,104)(H,96,109)(H,97,110)(H,114,115)/t37?,38?,52?,53-,55?,61?,64?,66?,67-,68?,69?,70?,71?,73?,74?,81?,82?/m0/s1. The zero-order valence-corrected chi connectivity index (χ0v) is 69.5. The number of rotatable bonds is 21. The molecule has 15 unspecified atom stereocenters. The van der Waals surface area contributed by atoms with Gasteiger partial charge in [0, 0.05) is 53.2 Å². The summed E-state index contributed by atoms with van der Waals surface area (Å²) in [5, 5.41) is 129. The number of hydrogen-bond acceptors (Lipinski definition) is 26. The maximum absolute atomic E-state index is 14.9. The van der Waals surface area contributed by atoms with Crippen LogP contribution in [0, 0.1) is 5.92 Å². The quantitative estimate of drug-likeness (QED) is 0.0193. The lowest BCUT2D eigenvalue weighted by Gasteiger charge is -2.48. The first-order chi connectivity index (χ1) is 57.9. The molecule has 0 spiro atoms. The Morgan fingerprint density at radius 3 is 1.99 bits per heavy atom. The number of phenolic OH excluding ortho intramolecular Hbond substituents is 3. The van der Waals surface area contributed by atoms with E-state index in [1.807, 2.05) is 26.0 Å². The van der Waals surface area contributed by atoms with E-state index < -0.39 is 210 Å². The van der Waals surface area contributed by atoms with E-state index in [0.29, 0.717) is 15.8 Å².